The number of Topliss-reactive ketones (excluding diaryl/α,β-unsaturated/α-hetero) is 1. The molecule has 0 aromatic heterocycles. The van der Waals surface area contributed by atoms with Gasteiger partial charge in [0.25, 0.3) is 0 Å². The fraction of sp³-hybridized carbons (Fsp3) is 0.727. The number of carbonyl (C=O) groups excluding carboxylic acids is 1. The Morgan fingerprint density at radius 2 is 2.33 bits per heavy atom. The molecule has 0 bridgehead atoms. The zero-order valence-electron chi connectivity index (χ0n) is 8.67. The highest BCUT2D eigenvalue weighted by molar-refractivity contribution is 5.82. The molecule has 80 valence electrons. The lowest BCUT2D eigenvalue weighted by molar-refractivity contribution is -0.126. The molecule has 0 aromatic rings. The standard InChI is InChI=1S/C11H15N3O/c12-14-13-10-6-3-5-8(10)9-4-1-2-7-11(9)15/h3,6,8-10H,1-2,4-5,7H2. The summed E-state index contributed by atoms with van der Waals surface area (Å²) in [5, 5.41) is 3.76. The van der Waals surface area contributed by atoms with Gasteiger partial charge in [-0.05, 0) is 30.7 Å². The highest BCUT2D eigenvalue weighted by Gasteiger charge is 2.35. The van der Waals surface area contributed by atoms with Gasteiger partial charge >= 0.3 is 0 Å². The van der Waals surface area contributed by atoms with Crippen LogP contribution in [0.1, 0.15) is 32.1 Å². The maximum absolute atomic E-state index is 11.8. The Labute approximate surface area is 89.0 Å². The summed E-state index contributed by atoms with van der Waals surface area (Å²) in [7, 11) is 0. The van der Waals surface area contributed by atoms with Crippen molar-refractivity contribution in [2.24, 2.45) is 17.0 Å². The van der Waals surface area contributed by atoms with Crippen molar-refractivity contribution in [2.45, 2.75) is 38.1 Å². The summed E-state index contributed by atoms with van der Waals surface area (Å²) in [6.45, 7) is 0. The molecule has 1 fully saturated rings. The molecule has 4 heteroatoms. The highest BCUT2D eigenvalue weighted by atomic mass is 16.1. The average molecular weight is 205 g/mol. The Kier molecular flexibility index (Phi) is 3.07. The third-order valence-electron chi connectivity index (χ3n) is 3.48. The van der Waals surface area contributed by atoms with Crippen LogP contribution in [0.4, 0.5) is 0 Å². The molecule has 0 spiro atoms. The van der Waals surface area contributed by atoms with Crippen molar-refractivity contribution in [2.75, 3.05) is 0 Å². The molecular weight excluding hydrogens is 190 g/mol. The van der Waals surface area contributed by atoms with Crippen molar-refractivity contribution in [3.63, 3.8) is 0 Å². The molecule has 2 aliphatic rings. The van der Waals surface area contributed by atoms with E-state index in [2.05, 4.69) is 10.0 Å². The molecule has 3 unspecified atom stereocenters. The van der Waals surface area contributed by atoms with Crippen LogP contribution >= 0.6 is 0 Å². The van der Waals surface area contributed by atoms with E-state index in [1.165, 1.54) is 0 Å². The van der Waals surface area contributed by atoms with Gasteiger partial charge in [-0.1, -0.05) is 23.7 Å². The van der Waals surface area contributed by atoms with Gasteiger partial charge in [0, 0.05) is 17.3 Å². The Balaban J connectivity index is 2.09. The average Bonchev–Trinajstić information content (AvgIpc) is 2.67. The minimum Gasteiger partial charge on any atom is -0.299 e. The lowest BCUT2D eigenvalue weighted by atomic mass is 9.76. The third kappa shape index (κ3) is 2.05. The van der Waals surface area contributed by atoms with E-state index in [1.807, 2.05) is 12.2 Å². The van der Waals surface area contributed by atoms with E-state index < -0.39 is 0 Å². The number of nitrogens with zero attached hydrogens (tertiary/aromatic N) is 3. The molecule has 15 heavy (non-hydrogen) atoms. The minimum atomic E-state index is -0.0953. The summed E-state index contributed by atoms with van der Waals surface area (Å²) in [5.41, 5.74) is 8.45. The van der Waals surface area contributed by atoms with Crippen molar-refractivity contribution in [1.29, 1.82) is 0 Å². The molecule has 0 radical (unpaired) electrons. The predicted octanol–water partition coefficient (Wildman–Crippen LogP) is 3.00. The Morgan fingerprint density at radius 1 is 1.47 bits per heavy atom. The van der Waals surface area contributed by atoms with Crippen LogP contribution < -0.4 is 0 Å². The van der Waals surface area contributed by atoms with E-state index in [9.17, 15) is 4.79 Å². The molecule has 0 amide bonds. The lowest BCUT2D eigenvalue weighted by Crippen LogP contribution is -2.30. The molecular formula is C11H15N3O. The summed E-state index contributed by atoms with van der Waals surface area (Å²) < 4.78 is 0. The van der Waals surface area contributed by atoms with Gasteiger partial charge in [-0.15, -0.1) is 0 Å². The maximum Gasteiger partial charge on any atom is 0.136 e. The Hall–Kier alpha value is -1.28. The second kappa shape index (κ2) is 4.49. The SMILES string of the molecule is [N-]=[N+]=NC1C=CCC1C1CCCCC1=O. The molecule has 3 atom stereocenters. The number of ketones is 1. The Bertz CT molecular complexity index is 331. The van der Waals surface area contributed by atoms with Gasteiger partial charge < -0.3 is 0 Å². The van der Waals surface area contributed by atoms with E-state index in [-0.39, 0.29) is 17.9 Å². The van der Waals surface area contributed by atoms with Crippen LogP contribution in [0.2, 0.25) is 0 Å². The predicted molar refractivity (Wildman–Crippen MR) is 57.1 cm³/mol. The summed E-state index contributed by atoms with van der Waals surface area (Å²) in [5.74, 6) is 0.728. The van der Waals surface area contributed by atoms with E-state index >= 15 is 0 Å². The fourth-order valence-corrected chi connectivity index (χ4v) is 2.71. The smallest absolute Gasteiger partial charge is 0.136 e. The van der Waals surface area contributed by atoms with Gasteiger partial charge in [0.1, 0.15) is 5.78 Å². The first-order valence-electron chi connectivity index (χ1n) is 5.56. The zero-order chi connectivity index (χ0) is 10.7. The maximum atomic E-state index is 11.8. The molecule has 2 aliphatic carbocycles. The molecule has 0 aliphatic heterocycles. The zero-order valence-corrected chi connectivity index (χ0v) is 8.67. The molecule has 2 rings (SSSR count). The van der Waals surface area contributed by atoms with Gasteiger partial charge in [0.2, 0.25) is 0 Å². The van der Waals surface area contributed by atoms with Crippen molar-refractivity contribution >= 4 is 5.78 Å². The number of hydrogen-bond donors (Lipinski definition) is 0. The molecule has 0 saturated heterocycles. The topological polar surface area (TPSA) is 65.8 Å². The fourth-order valence-electron chi connectivity index (χ4n) is 2.71. The van der Waals surface area contributed by atoms with Crippen LogP contribution in [-0.4, -0.2) is 11.8 Å². The molecule has 1 saturated carbocycles. The Morgan fingerprint density at radius 3 is 3.07 bits per heavy atom. The molecule has 0 heterocycles. The minimum absolute atomic E-state index is 0.0953. The highest BCUT2D eigenvalue weighted by Crippen LogP contribution is 2.36. The van der Waals surface area contributed by atoms with E-state index in [4.69, 9.17) is 5.53 Å². The van der Waals surface area contributed by atoms with Crippen molar-refractivity contribution < 1.29 is 4.79 Å². The van der Waals surface area contributed by atoms with Gasteiger partial charge in [-0.2, -0.15) is 0 Å². The van der Waals surface area contributed by atoms with Gasteiger partial charge in [0.15, 0.2) is 0 Å². The summed E-state index contributed by atoms with van der Waals surface area (Å²) in [4.78, 5) is 14.6. The van der Waals surface area contributed by atoms with E-state index in [0.717, 1.165) is 25.7 Å². The first-order chi connectivity index (χ1) is 7.33. The number of carbonyl (C=O) groups is 1. The first kappa shape index (κ1) is 10.2. The summed E-state index contributed by atoms with van der Waals surface area (Å²) in [6.07, 6.45) is 8.71. The number of azide groups is 1. The second-order valence-corrected chi connectivity index (χ2v) is 4.34. The normalized spacial score (nSPS) is 35.2. The van der Waals surface area contributed by atoms with Crippen LogP contribution in [-0.2, 0) is 4.79 Å². The van der Waals surface area contributed by atoms with Crippen molar-refractivity contribution in [1.82, 2.24) is 0 Å². The second-order valence-electron chi connectivity index (χ2n) is 4.34. The van der Waals surface area contributed by atoms with Crippen LogP contribution in [0.25, 0.3) is 10.4 Å². The monoisotopic (exact) mass is 205 g/mol. The molecule has 0 aromatic carbocycles. The first-order valence-corrected chi connectivity index (χ1v) is 5.56. The lowest BCUT2D eigenvalue weighted by Gasteiger charge is -2.28. The van der Waals surface area contributed by atoms with Crippen LogP contribution in [0.5, 0.6) is 0 Å². The van der Waals surface area contributed by atoms with E-state index in [1.54, 1.807) is 0 Å². The van der Waals surface area contributed by atoms with Crippen LogP contribution in [0.3, 0.4) is 0 Å². The van der Waals surface area contributed by atoms with Gasteiger partial charge in [0.05, 0.1) is 6.04 Å². The quantitative estimate of drug-likeness (QED) is 0.296. The number of rotatable bonds is 2. The van der Waals surface area contributed by atoms with Crippen LogP contribution in [0.15, 0.2) is 17.3 Å². The molecule has 0 N–H and O–H groups in total. The van der Waals surface area contributed by atoms with Gasteiger partial charge in [-0.25, -0.2) is 0 Å². The largest absolute Gasteiger partial charge is 0.299 e. The summed E-state index contributed by atoms with van der Waals surface area (Å²) in [6, 6.07) is -0.0953. The summed E-state index contributed by atoms with van der Waals surface area (Å²) >= 11 is 0. The third-order valence-corrected chi connectivity index (χ3v) is 3.48. The number of hydrogen-bond acceptors (Lipinski definition) is 2. The van der Waals surface area contributed by atoms with Crippen LogP contribution in [0, 0.1) is 11.8 Å². The molecule has 4 nitrogen and oxygen atoms in total. The van der Waals surface area contributed by atoms with E-state index in [0.29, 0.717) is 12.2 Å². The number of allylic oxidation sites excluding steroid dienone is 1. The van der Waals surface area contributed by atoms with Crippen molar-refractivity contribution in [3.8, 4) is 0 Å². The van der Waals surface area contributed by atoms with Gasteiger partial charge in [-0.3, -0.25) is 4.79 Å². The van der Waals surface area contributed by atoms with Crippen molar-refractivity contribution in [3.05, 3.63) is 22.6 Å².